The van der Waals surface area contributed by atoms with Gasteiger partial charge in [-0.1, -0.05) is 18.2 Å². The number of nitrogens with two attached hydrogens (primary N) is 1. The minimum Gasteiger partial charge on any atom is -0.399 e. The predicted octanol–water partition coefficient (Wildman–Crippen LogP) is 0.468. The first kappa shape index (κ1) is 13.0. The average Bonchev–Trinajstić information content (AvgIpc) is 2.34. The Bertz CT molecular complexity index is 412. The lowest BCUT2D eigenvalue weighted by Gasteiger charge is -2.06. The molecule has 5 nitrogen and oxygen atoms in total. The van der Waals surface area contributed by atoms with Crippen LogP contribution in [0.5, 0.6) is 0 Å². The third kappa shape index (κ3) is 5.00. The number of nitrogens with one attached hydrogen (secondary N) is 1. The number of carbonyl (C=O) groups excluding carboxylic acids is 1. The highest BCUT2D eigenvalue weighted by Crippen LogP contribution is 2.10. The van der Waals surface area contributed by atoms with E-state index in [1.165, 1.54) is 0 Å². The number of carbonyl (C=O) groups is 1. The van der Waals surface area contributed by atoms with Crippen LogP contribution in [0, 0.1) is 11.3 Å². The average molecular weight is 233 g/mol. The van der Waals surface area contributed by atoms with Crippen LogP contribution in [0.15, 0.2) is 24.3 Å². The molecule has 0 aromatic heterocycles. The van der Waals surface area contributed by atoms with Gasteiger partial charge in [0.1, 0.15) is 13.2 Å². The van der Waals surface area contributed by atoms with Gasteiger partial charge in [0.2, 0.25) is 5.91 Å². The largest absolute Gasteiger partial charge is 0.399 e. The summed E-state index contributed by atoms with van der Waals surface area (Å²) in [5.74, 6) is -0.285. The van der Waals surface area contributed by atoms with E-state index >= 15 is 0 Å². The van der Waals surface area contributed by atoms with E-state index in [1.807, 2.05) is 30.3 Å². The summed E-state index contributed by atoms with van der Waals surface area (Å²) in [7, 11) is 0. The van der Waals surface area contributed by atoms with Crippen molar-refractivity contribution < 1.29 is 9.53 Å². The third-order valence-corrected chi connectivity index (χ3v) is 2.17. The molecule has 0 aliphatic rings. The molecular formula is C12H15N3O2. The number of hydrogen-bond donors (Lipinski definition) is 2. The van der Waals surface area contributed by atoms with Crippen molar-refractivity contribution in [3.8, 4) is 6.07 Å². The Hall–Kier alpha value is -2.06. The molecule has 0 unspecified atom stereocenters. The molecule has 90 valence electrons. The zero-order valence-corrected chi connectivity index (χ0v) is 9.48. The molecule has 5 heteroatoms. The molecular weight excluding hydrogens is 218 g/mol. The Kier molecular flexibility index (Phi) is 5.55. The van der Waals surface area contributed by atoms with Crippen LogP contribution >= 0.6 is 0 Å². The molecule has 0 saturated carbocycles. The summed E-state index contributed by atoms with van der Waals surface area (Å²) in [5, 5.41) is 10.6. The van der Waals surface area contributed by atoms with Crippen molar-refractivity contribution in [2.45, 2.75) is 6.42 Å². The molecule has 0 fully saturated rings. The minimum absolute atomic E-state index is 0.00776. The third-order valence-electron chi connectivity index (χ3n) is 2.17. The number of nitrogens with zero attached hydrogens (tertiary/aromatic N) is 1. The van der Waals surface area contributed by atoms with Crippen molar-refractivity contribution in [1.29, 1.82) is 5.26 Å². The molecule has 0 spiro atoms. The van der Waals surface area contributed by atoms with Gasteiger partial charge in [0, 0.05) is 5.69 Å². The second kappa shape index (κ2) is 7.25. The molecule has 1 aromatic rings. The van der Waals surface area contributed by atoms with Crippen molar-refractivity contribution in [1.82, 2.24) is 5.32 Å². The number of ether oxygens (including phenoxy) is 1. The van der Waals surface area contributed by atoms with Crippen LogP contribution in [0.1, 0.15) is 5.56 Å². The van der Waals surface area contributed by atoms with E-state index in [-0.39, 0.29) is 19.1 Å². The molecule has 3 N–H and O–H groups in total. The fourth-order valence-corrected chi connectivity index (χ4v) is 1.30. The van der Waals surface area contributed by atoms with Crippen molar-refractivity contribution >= 4 is 11.6 Å². The molecule has 1 amide bonds. The van der Waals surface area contributed by atoms with Gasteiger partial charge in [0.25, 0.3) is 0 Å². The SMILES string of the molecule is N#CCNC(=O)COCCc1ccccc1N. The number of anilines is 1. The van der Waals surface area contributed by atoms with Gasteiger partial charge in [-0.2, -0.15) is 5.26 Å². The van der Waals surface area contributed by atoms with Crippen LogP contribution in [0.25, 0.3) is 0 Å². The highest BCUT2D eigenvalue weighted by Gasteiger charge is 2.01. The Morgan fingerprint density at radius 1 is 1.47 bits per heavy atom. The number of para-hydroxylation sites is 1. The summed E-state index contributed by atoms with van der Waals surface area (Å²) in [6, 6.07) is 9.35. The molecule has 0 bridgehead atoms. The Balaban J connectivity index is 2.19. The van der Waals surface area contributed by atoms with Gasteiger partial charge < -0.3 is 15.8 Å². The van der Waals surface area contributed by atoms with Crippen LogP contribution in [-0.2, 0) is 16.0 Å². The lowest BCUT2D eigenvalue weighted by molar-refractivity contribution is -0.125. The second-order valence-corrected chi connectivity index (χ2v) is 3.44. The van der Waals surface area contributed by atoms with Gasteiger partial charge in [0.05, 0.1) is 12.7 Å². The highest BCUT2D eigenvalue weighted by atomic mass is 16.5. The van der Waals surface area contributed by atoms with Crippen LogP contribution < -0.4 is 11.1 Å². The van der Waals surface area contributed by atoms with E-state index in [4.69, 9.17) is 15.7 Å². The first-order chi connectivity index (χ1) is 8.24. The van der Waals surface area contributed by atoms with Crippen LogP contribution in [0.4, 0.5) is 5.69 Å². The van der Waals surface area contributed by atoms with Crippen molar-refractivity contribution in [2.24, 2.45) is 0 Å². The number of rotatable bonds is 6. The van der Waals surface area contributed by atoms with Gasteiger partial charge in [0.15, 0.2) is 0 Å². The zero-order valence-electron chi connectivity index (χ0n) is 9.48. The fraction of sp³-hybridized carbons (Fsp3) is 0.333. The van der Waals surface area contributed by atoms with E-state index < -0.39 is 0 Å². The lowest BCUT2D eigenvalue weighted by atomic mass is 10.1. The van der Waals surface area contributed by atoms with Gasteiger partial charge in [-0.15, -0.1) is 0 Å². The minimum atomic E-state index is -0.285. The molecule has 0 radical (unpaired) electrons. The van der Waals surface area contributed by atoms with Crippen molar-refractivity contribution in [2.75, 3.05) is 25.5 Å². The summed E-state index contributed by atoms with van der Waals surface area (Å²) in [6.07, 6.45) is 0.665. The molecule has 1 rings (SSSR count). The monoisotopic (exact) mass is 233 g/mol. The van der Waals surface area contributed by atoms with E-state index in [2.05, 4.69) is 5.32 Å². The van der Waals surface area contributed by atoms with Crippen LogP contribution in [0.3, 0.4) is 0 Å². The molecule has 17 heavy (non-hydrogen) atoms. The number of benzene rings is 1. The normalized spacial score (nSPS) is 9.59. The topological polar surface area (TPSA) is 88.1 Å². The molecule has 1 aromatic carbocycles. The molecule has 0 aliphatic heterocycles. The maximum absolute atomic E-state index is 11.1. The van der Waals surface area contributed by atoms with Gasteiger partial charge in [-0.05, 0) is 18.1 Å². The highest BCUT2D eigenvalue weighted by molar-refractivity contribution is 5.77. The lowest BCUT2D eigenvalue weighted by Crippen LogP contribution is -2.28. The summed E-state index contributed by atoms with van der Waals surface area (Å²) >= 11 is 0. The van der Waals surface area contributed by atoms with Gasteiger partial charge in [-0.3, -0.25) is 4.79 Å². The number of nitrogen functional groups attached to an aromatic ring is 1. The Labute approximate surface area is 100 Å². The molecule has 0 heterocycles. The summed E-state index contributed by atoms with van der Waals surface area (Å²) in [6.45, 7) is 0.399. The van der Waals surface area contributed by atoms with E-state index in [0.717, 1.165) is 11.3 Å². The quantitative estimate of drug-likeness (QED) is 0.424. The first-order valence-corrected chi connectivity index (χ1v) is 5.29. The molecule has 0 saturated heterocycles. The maximum Gasteiger partial charge on any atom is 0.246 e. The standard InChI is InChI=1S/C12H15N3O2/c13-6-7-15-12(16)9-17-8-5-10-3-1-2-4-11(10)14/h1-4H,5,7-9,14H2,(H,15,16). The van der Waals surface area contributed by atoms with E-state index in [1.54, 1.807) is 0 Å². The summed E-state index contributed by atoms with van der Waals surface area (Å²) in [4.78, 5) is 11.1. The number of nitriles is 1. The Morgan fingerprint density at radius 2 is 2.24 bits per heavy atom. The van der Waals surface area contributed by atoms with E-state index in [9.17, 15) is 4.79 Å². The van der Waals surface area contributed by atoms with Gasteiger partial charge >= 0.3 is 0 Å². The number of amides is 1. The van der Waals surface area contributed by atoms with E-state index in [0.29, 0.717) is 13.0 Å². The summed E-state index contributed by atoms with van der Waals surface area (Å²) < 4.78 is 5.17. The smallest absolute Gasteiger partial charge is 0.246 e. The van der Waals surface area contributed by atoms with Gasteiger partial charge in [-0.25, -0.2) is 0 Å². The summed E-state index contributed by atoms with van der Waals surface area (Å²) in [5.41, 5.74) is 7.49. The van der Waals surface area contributed by atoms with Crippen LogP contribution in [0.2, 0.25) is 0 Å². The second-order valence-electron chi connectivity index (χ2n) is 3.44. The van der Waals surface area contributed by atoms with Crippen LogP contribution in [-0.4, -0.2) is 25.7 Å². The zero-order chi connectivity index (χ0) is 12.5. The Morgan fingerprint density at radius 3 is 2.94 bits per heavy atom. The molecule has 0 aliphatic carbocycles. The first-order valence-electron chi connectivity index (χ1n) is 5.29. The number of hydrogen-bond acceptors (Lipinski definition) is 4. The molecule has 0 atom stereocenters. The fourth-order valence-electron chi connectivity index (χ4n) is 1.30. The predicted molar refractivity (Wildman–Crippen MR) is 64.0 cm³/mol. The van der Waals surface area contributed by atoms with Crippen molar-refractivity contribution in [3.05, 3.63) is 29.8 Å². The van der Waals surface area contributed by atoms with Crippen molar-refractivity contribution in [3.63, 3.8) is 0 Å². The maximum atomic E-state index is 11.1.